The Labute approximate surface area is 176 Å². The van der Waals surface area contributed by atoms with Gasteiger partial charge in [0.1, 0.15) is 12.0 Å². The van der Waals surface area contributed by atoms with E-state index in [-0.39, 0.29) is 23.7 Å². The Morgan fingerprint density at radius 1 is 0.900 bits per heavy atom. The van der Waals surface area contributed by atoms with E-state index in [1.54, 1.807) is 6.07 Å². The average molecular weight is 413 g/mol. The number of benzene rings is 2. The number of unbranched alkanes of at least 4 members (excludes halogenated alkanes) is 3. The molecule has 1 heterocycles. The fourth-order valence-corrected chi connectivity index (χ4v) is 3.24. The van der Waals surface area contributed by atoms with Gasteiger partial charge in [0.05, 0.1) is 6.61 Å². The summed E-state index contributed by atoms with van der Waals surface area (Å²) in [5.41, 5.74) is 1.51. The molecule has 5 heteroatoms. The van der Waals surface area contributed by atoms with Crippen LogP contribution < -0.4 is 15.1 Å². The van der Waals surface area contributed by atoms with Crippen LogP contribution >= 0.6 is 0 Å². The van der Waals surface area contributed by atoms with E-state index in [0.29, 0.717) is 12.0 Å². The highest BCUT2D eigenvalue weighted by Crippen LogP contribution is 2.27. The first-order valence-corrected chi connectivity index (χ1v) is 10.7. The third-order valence-electron chi connectivity index (χ3n) is 5.04. The first kappa shape index (κ1) is 21.9. The Balaban J connectivity index is 1.68. The molecule has 4 nitrogen and oxygen atoms in total. The molecule has 0 N–H and O–H groups in total. The number of aryl methyl sites for hydroxylation is 1. The SMILES string of the molecule is CCCCCc1ccc(COc2cc3ccc(OCCCC)c(F)c3c(=O)o2)cc1. The molecule has 30 heavy (non-hydrogen) atoms. The van der Waals surface area contributed by atoms with Gasteiger partial charge in [0.15, 0.2) is 11.6 Å². The summed E-state index contributed by atoms with van der Waals surface area (Å²) in [7, 11) is 0. The maximum atomic E-state index is 14.7. The van der Waals surface area contributed by atoms with Gasteiger partial charge < -0.3 is 13.9 Å². The molecule has 0 bridgehead atoms. The van der Waals surface area contributed by atoms with Crippen molar-refractivity contribution in [1.29, 1.82) is 0 Å². The largest absolute Gasteiger partial charge is 0.490 e. The second kappa shape index (κ2) is 10.8. The van der Waals surface area contributed by atoms with E-state index >= 15 is 0 Å². The zero-order chi connectivity index (χ0) is 21.3. The molecule has 0 radical (unpaired) electrons. The number of rotatable bonds is 11. The van der Waals surface area contributed by atoms with Gasteiger partial charge in [0.2, 0.25) is 0 Å². The van der Waals surface area contributed by atoms with Gasteiger partial charge in [0, 0.05) is 6.07 Å². The molecule has 1 aromatic heterocycles. The molecule has 0 aliphatic rings. The van der Waals surface area contributed by atoms with Crippen LogP contribution in [0.15, 0.2) is 51.7 Å². The van der Waals surface area contributed by atoms with Crippen LogP contribution in [0.2, 0.25) is 0 Å². The minimum Gasteiger partial charge on any atom is -0.490 e. The lowest BCUT2D eigenvalue weighted by Gasteiger charge is -2.10. The van der Waals surface area contributed by atoms with Crippen molar-refractivity contribution in [2.45, 2.75) is 59.0 Å². The van der Waals surface area contributed by atoms with Gasteiger partial charge in [-0.2, -0.15) is 0 Å². The van der Waals surface area contributed by atoms with E-state index in [9.17, 15) is 9.18 Å². The van der Waals surface area contributed by atoms with Crippen LogP contribution in [-0.2, 0) is 13.0 Å². The van der Waals surface area contributed by atoms with E-state index in [1.807, 2.05) is 19.1 Å². The number of halogens is 1. The smallest absolute Gasteiger partial charge is 0.349 e. The van der Waals surface area contributed by atoms with Gasteiger partial charge in [-0.25, -0.2) is 9.18 Å². The number of fused-ring (bicyclic) bond motifs is 1. The molecule has 3 rings (SSSR count). The number of hydrogen-bond donors (Lipinski definition) is 0. The topological polar surface area (TPSA) is 48.7 Å². The Morgan fingerprint density at radius 3 is 2.37 bits per heavy atom. The third-order valence-corrected chi connectivity index (χ3v) is 5.04. The molecule has 0 amide bonds. The fraction of sp³-hybridized carbons (Fsp3) is 0.400. The molecule has 0 atom stereocenters. The van der Waals surface area contributed by atoms with Gasteiger partial charge in [-0.3, -0.25) is 0 Å². The molecular weight excluding hydrogens is 383 g/mol. The van der Waals surface area contributed by atoms with E-state index < -0.39 is 11.4 Å². The highest BCUT2D eigenvalue weighted by molar-refractivity contribution is 5.84. The maximum Gasteiger partial charge on any atom is 0.349 e. The first-order valence-electron chi connectivity index (χ1n) is 10.7. The molecule has 2 aromatic carbocycles. The molecule has 0 aliphatic carbocycles. The van der Waals surface area contributed by atoms with Gasteiger partial charge in [0.25, 0.3) is 5.95 Å². The van der Waals surface area contributed by atoms with Crippen LogP contribution in [0.5, 0.6) is 11.7 Å². The molecule has 0 saturated carbocycles. The van der Waals surface area contributed by atoms with Crippen molar-refractivity contribution in [3.8, 4) is 11.7 Å². The normalized spacial score (nSPS) is 11.0. The molecule has 3 aromatic rings. The van der Waals surface area contributed by atoms with E-state index in [2.05, 4.69) is 19.1 Å². The Kier molecular flexibility index (Phi) is 7.89. The van der Waals surface area contributed by atoms with Crippen molar-refractivity contribution in [3.63, 3.8) is 0 Å². The van der Waals surface area contributed by atoms with E-state index in [4.69, 9.17) is 13.9 Å². The highest BCUT2D eigenvalue weighted by Gasteiger charge is 2.15. The Bertz CT molecular complexity index is 1010. The van der Waals surface area contributed by atoms with Gasteiger partial charge in [-0.1, -0.05) is 57.4 Å². The number of ether oxygens (including phenoxy) is 2. The minimum absolute atomic E-state index is 0.0657. The summed E-state index contributed by atoms with van der Waals surface area (Å²) < 4.78 is 30.9. The molecule has 0 fully saturated rings. The molecule has 0 aliphatic heterocycles. The van der Waals surface area contributed by atoms with Crippen molar-refractivity contribution in [2.24, 2.45) is 0 Å². The summed E-state index contributed by atoms with van der Waals surface area (Å²) in [4.78, 5) is 12.3. The number of hydrogen-bond acceptors (Lipinski definition) is 4. The lowest BCUT2D eigenvalue weighted by atomic mass is 10.1. The van der Waals surface area contributed by atoms with Crippen LogP contribution in [0.25, 0.3) is 10.8 Å². The minimum atomic E-state index is -0.771. The molecule has 0 saturated heterocycles. The fourth-order valence-electron chi connectivity index (χ4n) is 3.24. The monoisotopic (exact) mass is 412 g/mol. The highest BCUT2D eigenvalue weighted by atomic mass is 19.1. The molecule has 0 unspecified atom stereocenters. The van der Waals surface area contributed by atoms with Gasteiger partial charge in [-0.15, -0.1) is 0 Å². The quantitative estimate of drug-likeness (QED) is 0.341. The summed E-state index contributed by atoms with van der Waals surface area (Å²) >= 11 is 0. The molecule has 160 valence electrons. The Morgan fingerprint density at radius 2 is 1.63 bits per heavy atom. The maximum absolute atomic E-state index is 14.7. The zero-order valence-electron chi connectivity index (χ0n) is 17.7. The molecular formula is C25H29FO4. The van der Waals surface area contributed by atoms with Crippen LogP contribution in [0.4, 0.5) is 4.39 Å². The predicted molar refractivity (Wildman–Crippen MR) is 117 cm³/mol. The second-order valence-corrected chi connectivity index (χ2v) is 7.46. The van der Waals surface area contributed by atoms with Crippen molar-refractivity contribution < 1.29 is 18.3 Å². The van der Waals surface area contributed by atoms with Crippen molar-refractivity contribution in [1.82, 2.24) is 0 Å². The lowest BCUT2D eigenvalue weighted by molar-refractivity contribution is 0.222. The van der Waals surface area contributed by atoms with Crippen LogP contribution in [0, 0.1) is 5.82 Å². The van der Waals surface area contributed by atoms with Crippen LogP contribution in [-0.4, -0.2) is 6.61 Å². The van der Waals surface area contributed by atoms with Crippen LogP contribution in [0.1, 0.15) is 57.1 Å². The summed E-state index contributed by atoms with van der Waals surface area (Å²) in [6, 6.07) is 12.9. The average Bonchev–Trinajstić information content (AvgIpc) is 2.75. The lowest BCUT2D eigenvalue weighted by Crippen LogP contribution is -2.07. The van der Waals surface area contributed by atoms with Crippen molar-refractivity contribution in [3.05, 3.63) is 69.8 Å². The summed E-state index contributed by atoms with van der Waals surface area (Å²) in [5.74, 6) is -0.558. The van der Waals surface area contributed by atoms with Gasteiger partial charge >= 0.3 is 5.63 Å². The standard InChI is InChI=1S/C25H29FO4/c1-3-5-7-8-18-9-11-19(12-10-18)17-29-22-16-20-13-14-21(28-15-6-4-2)24(26)23(20)25(27)30-22/h9-14,16H,3-8,15,17H2,1-2H3. The van der Waals surface area contributed by atoms with Gasteiger partial charge in [-0.05, 0) is 47.9 Å². The summed E-state index contributed by atoms with van der Waals surface area (Å²) in [5, 5.41) is 0.306. The Hall–Kier alpha value is -2.82. The third kappa shape index (κ3) is 5.62. The van der Waals surface area contributed by atoms with E-state index in [1.165, 1.54) is 37.0 Å². The summed E-state index contributed by atoms with van der Waals surface area (Å²) in [6.45, 7) is 4.89. The van der Waals surface area contributed by atoms with E-state index in [0.717, 1.165) is 24.8 Å². The van der Waals surface area contributed by atoms with Crippen molar-refractivity contribution >= 4 is 10.8 Å². The van der Waals surface area contributed by atoms with Crippen molar-refractivity contribution in [2.75, 3.05) is 6.61 Å². The first-order chi connectivity index (χ1) is 14.6. The zero-order valence-corrected chi connectivity index (χ0v) is 17.7. The predicted octanol–water partition coefficient (Wildman–Crippen LogP) is 6.42. The molecule has 0 spiro atoms. The second-order valence-electron chi connectivity index (χ2n) is 7.46. The van der Waals surface area contributed by atoms with Crippen LogP contribution in [0.3, 0.4) is 0 Å². The summed E-state index contributed by atoms with van der Waals surface area (Å²) in [6.07, 6.45) is 6.47.